The molecule has 6 heteroatoms. The van der Waals surface area contributed by atoms with E-state index < -0.39 is 0 Å². The Morgan fingerprint density at radius 2 is 1.79 bits per heavy atom. The van der Waals surface area contributed by atoms with Crippen molar-refractivity contribution in [3.8, 4) is 22.8 Å². The first-order chi connectivity index (χ1) is 11.8. The molecule has 128 valence electrons. The van der Waals surface area contributed by atoms with Crippen LogP contribution in [0.1, 0.15) is 30.6 Å². The van der Waals surface area contributed by atoms with E-state index in [1.165, 1.54) is 37.0 Å². The zero-order valence-electron chi connectivity index (χ0n) is 13.7. The van der Waals surface area contributed by atoms with Gasteiger partial charge < -0.3 is 14.5 Å². The molecule has 0 saturated carbocycles. The first kappa shape index (κ1) is 15.7. The Balaban J connectivity index is 1.62. The summed E-state index contributed by atoms with van der Waals surface area (Å²) in [5.74, 6) is 1.53. The van der Waals surface area contributed by atoms with Crippen LogP contribution in [0.25, 0.3) is 11.3 Å². The van der Waals surface area contributed by atoms with Crippen molar-refractivity contribution < 1.29 is 9.47 Å². The lowest BCUT2D eigenvalue weighted by atomic mass is 10.1. The molecule has 1 N–H and O–H groups in total. The molecule has 2 aromatic rings. The molecular formula is C18H22N2O3S. The fraction of sp³-hybridized carbons (Fsp3) is 0.500. The molecule has 1 aromatic heterocycles. The largest absolute Gasteiger partial charge is 0.486 e. The van der Waals surface area contributed by atoms with Gasteiger partial charge in [-0.25, -0.2) is 0 Å². The Morgan fingerprint density at radius 3 is 2.58 bits per heavy atom. The van der Waals surface area contributed by atoms with Gasteiger partial charge in [-0.15, -0.1) is 0 Å². The first-order valence-electron chi connectivity index (χ1n) is 8.64. The van der Waals surface area contributed by atoms with Gasteiger partial charge in [0.2, 0.25) is 0 Å². The van der Waals surface area contributed by atoms with Gasteiger partial charge in [0.15, 0.2) is 11.5 Å². The van der Waals surface area contributed by atoms with Gasteiger partial charge in [-0.2, -0.15) is 0 Å². The van der Waals surface area contributed by atoms with Crippen LogP contribution in [0.4, 0.5) is 0 Å². The van der Waals surface area contributed by atoms with Crippen molar-refractivity contribution in [2.24, 2.45) is 0 Å². The third-order valence-electron chi connectivity index (χ3n) is 4.62. The van der Waals surface area contributed by atoms with Crippen LogP contribution >= 0.6 is 11.3 Å². The molecule has 1 fully saturated rings. The lowest BCUT2D eigenvalue weighted by Gasteiger charge is -2.20. The first-order valence-corrected chi connectivity index (χ1v) is 9.45. The topological polar surface area (TPSA) is 54.6 Å². The number of aromatic nitrogens is 1. The van der Waals surface area contributed by atoms with E-state index in [1.54, 1.807) is 0 Å². The molecule has 24 heavy (non-hydrogen) atoms. The standard InChI is InChI=1S/C18H22N2O3S/c21-18-19-17(13-5-6-14-15(11-13)23-10-9-22-14)16(24-18)12-20-7-3-1-2-4-8-20/h5-6,11H,1-4,7-10,12H2,(H,19,21). The van der Waals surface area contributed by atoms with Crippen molar-refractivity contribution in [1.82, 2.24) is 9.88 Å². The SMILES string of the molecule is O=c1[nH]c(-c2ccc3c(c2)OCCO3)c(CN2CCCCCC2)s1. The Hall–Kier alpha value is -1.79. The minimum absolute atomic E-state index is 0.00436. The van der Waals surface area contributed by atoms with Crippen LogP contribution in [0.3, 0.4) is 0 Å². The van der Waals surface area contributed by atoms with E-state index in [-0.39, 0.29) is 4.87 Å². The van der Waals surface area contributed by atoms with Crippen molar-refractivity contribution >= 4 is 11.3 Å². The van der Waals surface area contributed by atoms with Crippen LogP contribution in [0, 0.1) is 0 Å². The number of thiazole rings is 1. The molecule has 2 aliphatic heterocycles. The van der Waals surface area contributed by atoms with Crippen LogP contribution in [-0.4, -0.2) is 36.2 Å². The second kappa shape index (κ2) is 6.99. The smallest absolute Gasteiger partial charge is 0.305 e. The van der Waals surface area contributed by atoms with Crippen LogP contribution < -0.4 is 14.3 Å². The van der Waals surface area contributed by atoms with Crippen molar-refractivity contribution in [3.05, 3.63) is 32.7 Å². The van der Waals surface area contributed by atoms with Gasteiger partial charge in [-0.05, 0) is 44.1 Å². The summed E-state index contributed by atoms with van der Waals surface area (Å²) in [7, 11) is 0. The van der Waals surface area contributed by atoms with E-state index in [9.17, 15) is 4.79 Å². The van der Waals surface area contributed by atoms with Crippen LogP contribution in [-0.2, 0) is 6.54 Å². The summed E-state index contributed by atoms with van der Waals surface area (Å²) in [6.07, 6.45) is 5.13. The summed E-state index contributed by atoms with van der Waals surface area (Å²) < 4.78 is 11.3. The number of aromatic amines is 1. The fourth-order valence-electron chi connectivity index (χ4n) is 3.40. The minimum atomic E-state index is 0.00436. The molecule has 2 aliphatic rings. The number of nitrogens with one attached hydrogen (secondary N) is 1. The zero-order valence-corrected chi connectivity index (χ0v) is 14.5. The van der Waals surface area contributed by atoms with E-state index in [0.717, 1.165) is 47.3 Å². The number of likely N-dealkylation sites (tertiary alicyclic amines) is 1. The van der Waals surface area contributed by atoms with Crippen molar-refractivity contribution in [2.75, 3.05) is 26.3 Å². The van der Waals surface area contributed by atoms with E-state index in [4.69, 9.17) is 9.47 Å². The summed E-state index contributed by atoms with van der Waals surface area (Å²) in [6.45, 7) is 4.23. The quantitative estimate of drug-likeness (QED) is 0.927. The number of benzene rings is 1. The number of nitrogens with zero attached hydrogens (tertiary/aromatic N) is 1. The van der Waals surface area contributed by atoms with Crippen molar-refractivity contribution in [3.63, 3.8) is 0 Å². The molecule has 4 rings (SSSR count). The number of hydrogen-bond donors (Lipinski definition) is 1. The van der Waals surface area contributed by atoms with Gasteiger partial charge in [-0.1, -0.05) is 24.2 Å². The van der Waals surface area contributed by atoms with Gasteiger partial charge in [0.05, 0.1) is 5.69 Å². The number of rotatable bonds is 3. The molecule has 1 aromatic carbocycles. The highest BCUT2D eigenvalue weighted by Crippen LogP contribution is 2.35. The van der Waals surface area contributed by atoms with Crippen molar-refractivity contribution in [2.45, 2.75) is 32.2 Å². The maximum atomic E-state index is 12.0. The third-order valence-corrected chi connectivity index (χ3v) is 5.49. The summed E-state index contributed by atoms with van der Waals surface area (Å²) in [6, 6.07) is 5.89. The molecule has 0 spiro atoms. The number of fused-ring (bicyclic) bond motifs is 1. The molecule has 0 atom stereocenters. The van der Waals surface area contributed by atoms with Crippen molar-refractivity contribution in [1.29, 1.82) is 0 Å². The van der Waals surface area contributed by atoms with Crippen LogP contribution in [0.5, 0.6) is 11.5 Å². The summed E-state index contributed by atoms with van der Waals surface area (Å²) in [5, 5.41) is 0. The molecule has 1 saturated heterocycles. The second-order valence-electron chi connectivity index (χ2n) is 6.36. The molecule has 0 amide bonds. The minimum Gasteiger partial charge on any atom is -0.486 e. The Kier molecular flexibility index (Phi) is 4.58. The molecule has 3 heterocycles. The highest BCUT2D eigenvalue weighted by molar-refractivity contribution is 7.09. The van der Waals surface area contributed by atoms with Gasteiger partial charge in [0.25, 0.3) is 0 Å². The van der Waals surface area contributed by atoms with Gasteiger partial charge >= 0.3 is 4.87 Å². The molecule has 0 unspecified atom stereocenters. The van der Waals surface area contributed by atoms with Crippen LogP contribution in [0.2, 0.25) is 0 Å². The maximum absolute atomic E-state index is 12.0. The average Bonchev–Trinajstić information content (AvgIpc) is 2.80. The predicted octanol–water partition coefficient (Wildman–Crippen LogP) is 3.25. The highest BCUT2D eigenvalue weighted by Gasteiger charge is 2.18. The summed E-state index contributed by atoms with van der Waals surface area (Å²) in [4.78, 5) is 18.6. The van der Waals surface area contributed by atoms with Gasteiger partial charge in [0, 0.05) is 17.0 Å². The van der Waals surface area contributed by atoms with E-state index in [1.807, 2.05) is 18.2 Å². The lowest BCUT2D eigenvalue weighted by molar-refractivity contribution is 0.171. The molecule has 0 aliphatic carbocycles. The Morgan fingerprint density at radius 1 is 1.04 bits per heavy atom. The third kappa shape index (κ3) is 3.35. The monoisotopic (exact) mass is 346 g/mol. The normalized spacial score (nSPS) is 18.3. The zero-order chi connectivity index (χ0) is 16.4. The van der Waals surface area contributed by atoms with E-state index >= 15 is 0 Å². The molecule has 5 nitrogen and oxygen atoms in total. The highest BCUT2D eigenvalue weighted by atomic mass is 32.1. The van der Waals surface area contributed by atoms with Crippen LogP contribution in [0.15, 0.2) is 23.0 Å². The molecule has 0 radical (unpaired) electrons. The average molecular weight is 346 g/mol. The maximum Gasteiger partial charge on any atom is 0.305 e. The van der Waals surface area contributed by atoms with E-state index in [2.05, 4.69) is 9.88 Å². The van der Waals surface area contributed by atoms with Gasteiger partial charge in [-0.3, -0.25) is 9.69 Å². The number of hydrogen-bond acceptors (Lipinski definition) is 5. The van der Waals surface area contributed by atoms with Gasteiger partial charge in [0.1, 0.15) is 13.2 Å². The number of ether oxygens (including phenoxy) is 2. The fourth-order valence-corrected chi connectivity index (χ4v) is 4.30. The lowest BCUT2D eigenvalue weighted by Crippen LogP contribution is -2.23. The molecular weight excluding hydrogens is 324 g/mol. The second-order valence-corrected chi connectivity index (χ2v) is 7.43. The molecule has 0 bridgehead atoms. The Labute approximate surface area is 145 Å². The van der Waals surface area contributed by atoms with E-state index in [0.29, 0.717) is 13.2 Å². The predicted molar refractivity (Wildman–Crippen MR) is 95.1 cm³/mol. The Bertz CT molecular complexity index is 760. The summed E-state index contributed by atoms with van der Waals surface area (Å²) in [5.41, 5.74) is 1.91. The summed E-state index contributed by atoms with van der Waals surface area (Å²) >= 11 is 1.32. The number of H-pyrrole nitrogens is 1.